The van der Waals surface area contributed by atoms with Crippen LogP contribution in [0.1, 0.15) is 32.1 Å². The van der Waals surface area contributed by atoms with E-state index < -0.39 is 41.4 Å². The van der Waals surface area contributed by atoms with E-state index in [0.29, 0.717) is 0 Å². The molecule has 0 bridgehead atoms. The summed E-state index contributed by atoms with van der Waals surface area (Å²) >= 11 is 0. The SMILES string of the molecule is O=[N+]([O-])c1ccc(O[C@@H]2O[C@@H]3COC4(CCCCC4)O[C@@H]3[C@H](O)[C@@H]2O)cc1. The first-order valence-corrected chi connectivity index (χ1v) is 9.22. The van der Waals surface area contributed by atoms with E-state index in [1.54, 1.807) is 0 Å². The van der Waals surface area contributed by atoms with Crippen molar-refractivity contribution in [2.24, 2.45) is 0 Å². The maximum absolute atomic E-state index is 10.7. The molecule has 2 N–H and O–H groups in total. The fraction of sp³-hybridized carbons (Fsp3) is 0.667. The number of nitrogens with zero attached hydrogens (tertiary/aromatic N) is 1. The quantitative estimate of drug-likeness (QED) is 0.597. The van der Waals surface area contributed by atoms with Crippen LogP contribution in [0, 0.1) is 10.1 Å². The zero-order valence-electron chi connectivity index (χ0n) is 14.7. The van der Waals surface area contributed by atoms with Crippen molar-refractivity contribution in [2.75, 3.05) is 6.61 Å². The number of benzene rings is 1. The Morgan fingerprint density at radius 3 is 2.48 bits per heavy atom. The van der Waals surface area contributed by atoms with Crippen molar-refractivity contribution in [3.63, 3.8) is 0 Å². The Bertz CT molecular complexity index is 672. The van der Waals surface area contributed by atoms with Gasteiger partial charge < -0.3 is 29.2 Å². The third-order valence-corrected chi connectivity index (χ3v) is 5.42. The summed E-state index contributed by atoms with van der Waals surface area (Å²) in [5, 5.41) is 31.7. The number of hydrogen-bond donors (Lipinski definition) is 2. The average molecular weight is 381 g/mol. The van der Waals surface area contributed by atoms with Gasteiger partial charge in [-0.05, 0) is 25.0 Å². The topological polar surface area (TPSA) is 121 Å². The van der Waals surface area contributed by atoms with Gasteiger partial charge in [-0.2, -0.15) is 0 Å². The summed E-state index contributed by atoms with van der Waals surface area (Å²) in [4.78, 5) is 10.2. The van der Waals surface area contributed by atoms with Crippen LogP contribution in [-0.4, -0.2) is 58.2 Å². The fourth-order valence-electron chi connectivity index (χ4n) is 3.93. The highest BCUT2D eigenvalue weighted by molar-refractivity contribution is 5.36. The predicted molar refractivity (Wildman–Crippen MR) is 91.0 cm³/mol. The van der Waals surface area contributed by atoms with E-state index in [1.807, 2.05) is 0 Å². The average Bonchev–Trinajstić information content (AvgIpc) is 2.68. The molecule has 1 saturated carbocycles. The van der Waals surface area contributed by atoms with Gasteiger partial charge in [-0.15, -0.1) is 0 Å². The zero-order valence-corrected chi connectivity index (χ0v) is 14.7. The molecule has 3 fully saturated rings. The highest BCUT2D eigenvalue weighted by atomic mass is 16.8. The lowest BCUT2D eigenvalue weighted by atomic mass is 9.90. The molecule has 2 heterocycles. The molecule has 2 saturated heterocycles. The number of aliphatic hydroxyl groups is 2. The molecule has 3 aliphatic rings. The standard InChI is InChI=1S/C18H23NO8/c20-14-15(21)17(25-12-6-4-11(5-7-12)19(22)23)26-13-10-24-18(27-16(13)14)8-2-1-3-9-18/h4-7,13-17,20-21H,1-3,8-10H2/t13-,14-,15+,16+,17-/m1/s1. The van der Waals surface area contributed by atoms with Crippen molar-refractivity contribution in [3.05, 3.63) is 34.4 Å². The van der Waals surface area contributed by atoms with Gasteiger partial charge in [0.15, 0.2) is 5.79 Å². The zero-order chi connectivity index (χ0) is 19.0. The van der Waals surface area contributed by atoms with Crippen LogP contribution < -0.4 is 4.74 Å². The van der Waals surface area contributed by atoms with E-state index >= 15 is 0 Å². The molecule has 27 heavy (non-hydrogen) atoms. The largest absolute Gasteiger partial charge is 0.462 e. The van der Waals surface area contributed by atoms with Gasteiger partial charge in [-0.1, -0.05) is 6.42 Å². The lowest BCUT2D eigenvalue weighted by Crippen LogP contribution is -2.66. The molecule has 1 spiro atoms. The van der Waals surface area contributed by atoms with Crippen molar-refractivity contribution in [2.45, 2.75) is 68.6 Å². The molecule has 5 atom stereocenters. The van der Waals surface area contributed by atoms with Crippen molar-refractivity contribution >= 4 is 5.69 Å². The lowest BCUT2D eigenvalue weighted by molar-refractivity contribution is -0.388. The minimum absolute atomic E-state index is 0.0700. The van der Waals surface area contributed by atoms with E-state index in [9.17, 15) is 20.3 Å². The van der Waals surface area contributed by atoms with Gasteiger partial charge in [0.25, 0.3) is 5.69 Å². The van der Waals surface area contributed by atoms with Crippen molar-refractivity contribution in [3.8, 4) is 5.75 Å². The highest BCUT2D eigenvalue weighted by Gasteiger charge is 2.53. The van der Waals surface area contributed by atoms with Gasteiger partial charge in [0, 0.05) is 25.0 Å². The molecule has 0 unspecified atom stereocenters. The molecule has 0 amide bonds. The number of hydrogen-bond acceptors (Lipinski definition) is 8. The van der Waals surface area contributed by atoms with Crippen LogP contribution in [0.2, 0.25) is 0 Å². The summed E-state index contributed by atoms with van der Waals surface area (Å²) in [6.07, 6.45) is -0.225. The molecule has 148 valence electrons. The van der Waals surface area contributed by atoms with Crippen LogP contribution in [0.25, 0.3) is 0 Å². The molecule has 1 aromatic carbocycles. The monoisotopic (exact) mass is 381 g/mol. The van der Waals surface area contributed by atoms with E-state index in [4.69, 9.17) is 18.9 Å². The number of aliphatic hydroxyl groups excluding tert-OH is 2. The second kappa shape index (κ2) is 7.33. The van der Waals surface area contributed by atoms with Crippen LogP contribution in [0.3, 0.4) is 0 Å². The lowest BCUT2D eigenvalue weighted by Gasteiger charge is -2.51. The summed E-state index contributed by atoms with van der Waals surface area (Å²) in [5.74, 6) is -0.410. The Labute approximate surface area is 155 Å². The molecule has 2 aliphatic heterocycles. The summed E-state index contributed by atoms with van der Waals surface area (Å²) in [7, 11) is 0. The minimum atomic E-state index is -1.32. The van der Waals surface area contributed by atoms with Gasteiger partial charge in [0.05, 0.1) is 11.5 Å². The van der Waals surface area contributed by atoms with Crippen LogP contribution in [0.5, 0.6) is 5.75 Å². The van der Waals surface area contributed by atoms with Crippen LogP contribution >= 0.6 is 0 Å². The number of fused-ring (bicyclic) bond motifs is 1. The first kappa shape index (κ1) is 18.6. The van der Waals surface area contributed by atoms with E-state index in [0.717, 1.165) is 32.1 Å². The maximum atomic E-state index is 10.7. The number of nitro benzene ring substituents is 1. The second-order valence-corrected chi connectivity index (χ2v) is 7.26. The van der Waals surface area contributed by atoms with E-state index in [-0.39, 0.29) is 18.0 Å². The number of non-ortho nitro benzene ring substituents is 1. The summed E-state index contributed by atoms with van der Waals surface area (Å²) < 4.78 is 23.3. The molecule has 1 aromatic rings. The maximum Gasteiger partial charge on any atom is 0.269 e. The summed E-state index contributed by atoms with van der Waals surface area (Å²) in [6.45, 7) is 0.245. The highest BCUT2D eigenvalue weighted by Crippen LogP contribution is 2.40. The van der Waals surface area contributed by atoms with Crippen LogP contribution in [0.4, 0.5) is 5.69 Å². The molecule has 4 rings (SSSR count). The van der Waals surface area contributed by atoms with Crippen LogP contribution in [0.15, 0.2) is 24.3 Å². The molecule has 1 aliphatic carbocycles. The Morgan fingerprint density at radius 1 is 1.11 bits per heavy atom. The fourth-order valence-corrected chi connectivity index (χ4v) is 3.93. The van der Waals surface area contributed by atoms with Gasteiger partial charge in [0.2, 0.25) is 6.29 Å². The third-order valence-electron chi connectivity index (χ3n) is 5.42. The Balaban J connectivity index is 1.43. The van der Waals surface area contributed by atoms with Crippen molar-refractivity contribution in [1.82, 2.24) is 0 Å². The van der Waals surface area contributed by atoms with Gasteiger partial charge in [-0.3, -0.25) is 10.1 Å². The molecule has 9 heteroatoms. The van der Waals surface area contributed by atoms with Crippen molar-refractivity contribution in [1.29, 1.82) is 0 Å². The molecule has 9 nitrogen and oxygen atoms in total. The molecule has 0 aromatic heterocycles. The first-order valence-electron chi connectivity index (χ1n) is 9.22. The van der Waals surface area contributed by atoms with Gasteiger partial charge >= 0.3 is 0 Å². The number of ether oxygens (including phenoxy) is 4. The Hall–Kier alpha value is -1.78. The smallest absolute Gasteiger partial charge is 0.269 e. The van der Waals surface area contributed by atoms with E-state index in [1.165, 1.54) is 24.3 Å². The van der Waals surface area contributed by atoms with Crippen LogP contribution in [-0.2, 0) is 14.2 Å². The third kappa shape index (κ3) is 3.65. The Kier molecular flexibility index (Phi) is 5.04. The molecule has 0 radical (unpaired) electrons. The predicted octanol–water partition coefficient (Wildman–Crippen LogP) is 1.50. The van der Waals surface area contributed by atoms with Gasteiger partial charge in [0.1, 0.15) is 30.2 Å². The van der Waals surface area contributed by atoms with Gasteiger partial charge in [-0.25, -0.2) is 0 Å². The normalized spacial score (nSPS) is 35.4. The number of nitro groups is 1. The first-order chi connectivity index (χ1) is 13.0. The second-order valence-electron chi connectivity index (χ2n) is 7.26. The minimum Gasteiger partial charge on any atom is -0.462 e. The number of rotatable bonds is 3. The molecular formula is C18H23NO8. The summed E-state index contributed by atoms with van der Waals surface area (Å²) in [5.41, 5.74) is -0.0700. The molecular weight excluding hydrogens is 358 g/mol. The summed E-state index contributed by atoms with van der Waals surface area (Å²) in [6, 6.07) is 5.42. The van der Waals surface area contributed by atoms with Crippen molar-refractivity contribution < 1.29 is 34.1 Å². The van der Waals surface area contributed by atoms with E-state index in [2.05, 4.69) is 0 Å². The Morgan fingerprint density at radius 2 is 1.81 bits per heavy atom.